The molecule has 1 unspecified atom stereocenters. The first kappa shape index (κ1) is 19.6. The maximum atomic E-state index is 10.3. The second kappa shape index (κ2) is 8.25. The SMILES string of the molecule is CC(=CCN=c1ncn(C2O[C@H](CO)[C@@H](O)[C@H](O)[C@H]2O)c2nc[nH]c12)CO. The van der Waals surface area contributed by atoms with Crippen LogP contribution in [0.15, 0.2) is 29.3 Å². The lowest BCUT2D eigenvalue weighted by molar-refractivity contribution is -0.250. The predicted octanol–water partition coefficient (Wildman–Crippen LogP) is -2.43. The van der Waals surface area contributed by atoms with E-state index in [0.29, 0.717) is 23.2 Å². The van der Waals surface area contributed by atoms with Gasteiger partial charge in [-0.3, -0.25) is 9.56 Å². The van der Waals surface area contributed by atoms with Crippen molar-refractivity contribution < 1.29 is 30.3 Å². The molecule has 0 radical (unpaired) electrons. The van der Waals surface area contributed by atoms with Gasteiger partial charge in [0, 0.05) is 0 Å². The monoisotopic (exact) mass is 381 g/mol. The summed E-state index contributed by atoms with van der Waals surface area (Å²) in [4.78, 5) is 15.7. The lowest BCUT2D eigenvalue weighted by Gasteiger charge is -2.40. The number of aromatic nitrogens is 4. The highest BCUT2D eigenvalue weighted by atomic mass is 16.6. The predicted molar refractivity (Wildman–Crippen MR) is 92.2 cm³/mol. The summed E-state index contributed by atoms with van der Waals surface area (Å²) in [6.07, 6.45) is -1.98. The van der Waals surface area contributed by atoms with Gasteiger partial charge in [-0.25, -0.2) is 9.97 Å². The Bertz CT molecular complexity index is 876. The van der Waals surface area contributed by atoms with Crippen molar-refractivity contribution in [1.29, 1.82) is 0 Å². The zero-order valence-electron chi connectivity index (χ0n) is 14.7. The number of rotatable bonds is 5. The van der Waals surface area contributed by atoms with E-state index in [0.717, 1.165) is 5.57 Å². The van der Waals surface area contributed by atoms with Crippen LogP contribution in [0.2, 0.25) is 0 Å². The lowest BCUT2D eigenvalue weighted by Crippen LogP contribution is -2.56. The Labute approximate surface area is 153 Å². The molecule has 0 saturated carbocycles. The number of fused-ring (bicyclic) bond motifs is 1. The van der Waals surface area contributed by atoms with E-state index in [4.69, 9.17) is 9.84 Å². The number of hydrogen-bond donors (Lipinski definition) is 6. The van der Waals surface area contributed by atoms with Crippen LogP contribution in [0.3, 0.4) is 0 Å². The minimum Gasteiger partial charge on any atom is -0.394 e. The third-order valence-electron chi connectivity index (χ3n) is 4.46. The van der Waals surface area contributed by atoms with Crippen molar-refractivity contribution in [3.8, 4) is 0 Å². The number of nitrogens with one attached hydrogen (secondary N) is 1. The van der Waals surface area contributed by atoms with Crippen LogP contribution in [0.25, 0.3) is 11.2 Å². The molecule has 5 atom stereocenters. The summed E-state index contributed by atoms with van der Waals surface area (Å²) in [6, 6.07) is 0. The van der Waals surface area contributed by atoms with Crippen molar-refractivity contribution in [1.82, 2.24) is 19.5 Å². The largest absolute Gasteiger partial charge is 0.394 e. The van der Waals surface area contributed by atoms with Gasteiger partial charge in [0.05, 0.1) is 26.1 Å². The normalized spacial score (nSPS) is 30.2. The summed E-state index contributed by atoms with van der Waals surface area (Å²) in [7, 11) is 0. The molecule has 27 heavy (non-hydrogen) atoms. The lowest BCUT2D eigenvalue weighted by atomic mass is 9.98. The van der Waals surface area contributed by atoms with E-state index in [1.807, 2.05) is 0 Å². The van der Waals surface area contributed by atoms with Gasteiger partial charge < -0.3 is 35.3 Å². The van der Waals surface area contributed by atoms with E-state index in [1.54, 1.807) is 13.0 Å². The second-order valence-electron chi connectivity index (χ2n) is 6.35. The Morgan fingerprint density at radius 3 is 2.74 bits per heavy atom. The average Bonchev–Trinajstić information content (AvgIpc) is 3.17. The van der Waals surface area contributed by atoms with Crippen LogP contribution in [-0.4, -0.2) is 89.2 Å². The van der Waals surface area contributed by atoms with E-state index in [9.17, 15) is 20.4 Å². The Hall–Kier alpha value is -2.15. The molecule has 3 heterocycles. The fourth-order valence-corrected chi connectivity index (χ4v) is 2.85. The van der Waals surface area contributed by atoms with Gasteiger partial charge in [-0.15, -0.1) is 0 Å². The molecular weight excluding hydrogens is 358 g/mol. The summed E-state index contributed by atoms with van der Waals surface area (Å²) < 4.78 is 6.96. The van der Waals surface area contributed by atoms with Crippen LogP contribution in [0.4, 0.5) is 0 Å². The first-order valence-electron chi connectivity index (χ1n) is 8.45. The number of imidazole rings is 1. The standard InChI is InChI=1S/C16H23N5O6/c1-8(4-22)2-3-17-14-10-15(19-6-18-10)21(7-20-14)16-13(26)12(25)11(24)9(5-23)27-16/h2,6-7,9,11-13,16,22-26H,3-5H2,1H3,(H,18,19)/t9-,11-,12+,13-,16?/m1/s1. The molecule has 1 saturated heterocycles. The molecule has 0 aliphatic carbocycles. The third kappa shape index (κ3) is 3.78. The number of aliphatic hydroxyl groups excluding tert-OH is 5. The van der Waals surface area contributed by atoms with Gasteiger partial charge in [0.1, 0.15) is 36.3 Å². The molecule has 6 N–H and O–H groups in total. The topological polar surface area (TPSA) is 169 Å². The molecule has 1 aliphatic heterocycles. The molecule has 1 fully saturated rings. The van der Waals surface area contributed by atoms with Crippen molar-refractivity contribution in [3.63, 3.8) is 0 Å². The van der Waals surface area contributed by atoms with Gasteiger partial charge in [-0.2, -0.15) is 0 Å². The maximum Gasteiger partial charge on any atom is 0.177 e. The summed E-state index contributed by atoms with van der Waals surface area (Å²) in [5.41, 5.74) is 2.03. The zero-order chi connectivity index (χ0) is 19.6. The van der Waals surface area contributed by atoms with Gasteiger partial charge in [-0.05, 0) is 6.92 Å². The molecule has 148 valence electrons. The smallest absolute Gasteiger partial charge is 0.177 e. The minimum atomic E-state index is -1.50. The van der Waals surface area contributed by atoms with E-state index in [-0.39, 0.29) is 6.61 Å². The molecule has 11 heteroatoms. The van der Waals surface area contributed by atoms with Crippen LogP contribution >= 0.6 is 0 Å². The van der Waals surface area contributed by atoms with Crippen LogP contribution < -0.4 is 5.49 Å². The van der Waals surface area contributed by atoms with E-state index in [1.165, 1.54) is 17.2 Å². The number of hydrogen-bond acceptors (Lipinski definition) is 9. The molecule has 3 rings (SSSR count). The summed E-state index contributed by atoms with van der Waals surface area (Å²) >= 11 is 0. The molecule has 0 amide bonds. The zero-order valence-corrected chi connectivity index (χ0v) is 14.7. The van der Waals surface area contributed by atoms with Gasteiger partial charge in [-0.1, -0.05) is 11.6 Å². The molecule has 2 aromatic heterocycles. The molecule has 0 aromatic carbocycles. The average molecular weight is 381 g/mol. The second-order valence-corrected chi connectivity index (χ2v) is 6.35. The first-order chi connectivity index (χ1) is 13.0. The molecule has 1 aliphatic rings. The van der Waals surface area contributed by atoms with Gasteiger partial charge in [0.2, 0.25) is 0 Å². The highest BCUT2D eigenvalue weighted by Gasteiger charge is 2.44. The van der Waals surface area contributed by atoms with Gasteiger partial charge in [0.15, 0.2) is 17.4 Å². The van der Waals surface area contributed by atoms with Crippen molar-refractivity contribution in [2.24, 2.45) is 4.99 Å². The molecule has 0 bridgehead atoms. The molecular formula is C16H23N5O6. The van der Waals surface area contributed by atoms with Crippen LogP contribution in [-0.2, 0) is 4.74 Å². The maximum absolute atomic E-state index is 10.3. The highest BCUT2D eigenvalue weighted by Crippen LogP contribution is 2.29. The fourth-order valence-electron chi connectivity index (χ4n) is 2.85. The summed E-state index contributed by atoms with van der Waals surface area (Å²) in [5, 5.41) is 48.6. The van der Waals surface area contributed by atoms with Gasteiger partial charge in [0.25, 0.3) is 0 Å². The van der Waals surface area contributed by atoms with Gasteiger partial charge >= 0.3 is 0 Å². The number of aliphatic hydroxyl groups is 5. The quantitative estimate of drug-likeness (QED) is 0.311. The molecule has 2 aromatic rings. The Kier molecular flexibility index (Phi) is 5.99. The molecule has 11 nitrogen and oxygen atoms in total. The Balaban J connectivity index is 1.98. The summed E-state index contributed by atoms with van der Waals surface area (Å²) in [6.45, 7) is 1.53. The van der Waals surface area contributed by atoms with Crippen LogP contribution in [0.1, 0.15) is 13.2 Å². The van der Waals surface area contributed by atoms with E-state index >= 15 is 0 Å². The fraction of sp³-hybridized carbons (Fsp3) is 0.562. The van der Waals surface area contributed by atoms with Crippen molar-refractivity contribution in [2.75, 3.05) is 19.8 Å². The molecule has 0 spiro atoms. The van der Waals surface area contributed by atoms with Crippen molar-refractivity contribution in [3.05, 3.63) is 29.8 Å². The van der Waals surface area contributed by atoms with Crippen molar-refractivity contribution >= 4 is 11.2 Å². The minimum absolute atomic E-state index is 0.0473. The highest BCUT2D eigenvalue weighted by molar-refractivity contribution is 5.68. The number of H-pyrrole nitrogens is 1. The summed E-state index contributed by atoms with van der Waals surface area (Å²) in [5.74, 6) is 0. The first-order valence-corrected chi connectivity index (χ1v) is 8.45. The van der Waals surface area contributed by atoms with Crippen LogP contribution in [0.5, 0.6) is 0 Å². The van der Waals surface area contributed by atoms with Crippen molar-refractivity contribution in [2.45, 2.75) is 37.6 Å². The number of aromatic amines is 1. The van der Waals surface area contributed by atoms with Crippen LogP contribution in [0, 0.1) is 0 Å². The van der Waals surface area contributed by atoms with E-state index < -0.39 is 37.3 Å². The van der Waals surface area contributed by atoms with E-state index in [2.05, 4.69) is 19.9 Å². The Morgan fingerprint density at radius 2 is 2.04 bits per heavy atom. The Morgan fingerprint density at radius 1 is 1.26 bits per heavy atom. The number of nitrogens with zero attached hydrogens (tertiary/aromatic N) is 4. The third-order valence-corrected chi connectivity index (χ3v) is 4.46. The number of ether oxygens (including phenoxy) is 1.